The van der Waals surface area contributed by atoms with E-state index >= 15 is 0 Å². The third-order valence-electron chi connectivity index (χ3n) is 2.74. The summed E-state index contributed by atoms with van der Waals surface area (Å²) in [5.74, 6) is -0.0748. The minimum atomic E-state index is -3.79. The molecule has 1 unspecified atom stereocenters. The van der Waals surface area contributed by atoms with Gasteiger partial charge in [0.05, 0.1) is 6.10 Å². The minimum Gasteiger partial charge on any atom is -0.387 e. The lowest BCUT2D eigenvalue weighted by atomic mass is 10.1. The van der Waals surface area contributed by atoms with E-state index in [4.69, 9.17) is 5.73 Å². The summed E-state index contributed by atoms with van der Waals surface area (Å²) in [6.07, 6.45) is 0.483. The van der Waals surface area contributed by atoms with Gasteiger partial charge in [0.25, 0.3) is 0 Å². The monoisotopic (exact) mass is 293 g/mol. The molecule has 0 bridgehead atoms. The molecule has 2 rings (SSSR count). The Labute approximate surface area is 117 Å². The summed E-state index contributed by atoms with van der Waals surface area (Å²) in [6, 6.07) is 11.6. The zero-order chi connectivity index (χ0) is 14.6. The van der Waals surface area contributed by atoms with E-state index in [9.17, 15) is 13.5 Å². The van der Waals surface area contributed by atoms with Gasteiger partial charge in [0.15, 0.2) is 0 Å². The first kappa shape index (κ1) is 14.4. The van der Waals surface area contributed by atoms with Crippen LogP contribution in [0.15, 0.2) is 53.6 Å². The zero-order valence-corrected chi connectivity index (χ0v) is 11.4. The van der Waals surface area contributed by atoms with Crippen LogP contribution in [0.3, 0.4) is 0 Å². The molecule has 0 aliphatic rings. The predicted octanol–water partition coefficient (Wildman–Crippen LogP) is 0.676. The van der Waals surface area contributed by atoms with Crippen molar-refractivity contribution >= 4 is 15.8 Å². The molecule has 6 nitrogen and oxygen atoms in total. The van der Waals surface area contributed by atoms with E-state index in [2.05, 4.69) is 9.71 Å². The fourth-order valence-corrected chi connectivity index (χ4v) is 2.81. The van der Waals surface area contributed by atoms with E-state index in [-0.39, 0.29) is 17.3 Å². The molecule has 1 aromatic heterocycles. The number of pyridine rings is 1. The van der Waals surface area contributed by atoms with Crippen molar-refractivity contribution in [2.24, 2.45) is 0 Å². The van der Waals surface area contributed by atoms with Crippen LogP contribution in [-0.2, 0) is 10.0 Å². The summed E-state index contributed by atoms with van der Waals surface area (Å²) in [7, 11) is -3.79. The molecule has 7 heteroatoms. The smallest absolute Gasteiger partial charge is 0.244 e. The van der Waals surface area contributed by atoms with E-state index in [0.717, 1.165) is 0 Å². The van der Waals surface area contributed by atoms with Crippen LogP contribution in [0.5, 0.6) is 0 Å². The molecule has 0 saturated carbocycles. The van der Waals surface area contributed by atoms with Gasteiger partial charge in [-0.15, -0.1) is 0 Å². The first-order valence-electron chi connectivity index (χ1n) is 5.94. The van der Waals surface area contributed by atoms with Gasteiger partial charge in [0, 0.05) is 12.7 Å². The van der Waals surface area contributed by atoms with Gasteiger partial charge >= 0.3 is 0 Å². The van der Waals surface area contributed by atoms with Crippen molar-refractivity contribution in [3.05, 3.63) is 54.2 Å². The van der Waals surface area contributed by atoms with Gasteiger partial charge in [-0.2, -0.15) is 0 Å². The Morgan fingerprint density at radius 3 is 2.55 bits per heavy atom. The molecule has 0 saturated heterocycles. The minimum absolute atomic E-state index is 0.0748. The zero-order valence-electron chi connectivity index (χ0n) is 10.6. The first-order chi connectivity index (χ1) is 9.50. The van der Waals surface area contributed by atoms with Crippen LogP contribution in [0.2, 0.25) is 0 Å². The third-order valence-corrected chi connectivity index (χ3v) is 4.21. The van der Waals surface area contributed by atoms with E-state index < -0.39 is 16.1 Å². The summed E-state index contributed by atoms with van der Waals surface area (Å²) in [5, 5.41) is 9.93. The van der Waals surface area contributed by atoms with Crippen molar-refractivity contribution in [2.45, 2.75) is 11.0 Å². The number of rotatable bonds is 5. The number of anilines is 1. The van der Waals surface area contributed by atoms with E-state index in [0.29, 0.717) is 5.56 Å². The summed E-state index contributed by atoms with van der Waals surface area (Å²) < 4.78 is 26.4. The molecular weight excluding hydrogens is 278 g/mol. The molecular formula is C13H15N3O3S. The second-order valence-corrected chi connectivity index (χ2v) is 5.90. The fourth-order valence-electron chi connectivity index (χ4n) is 1.69. The number of nitrogens with one attached hydrogen (secondary N) is 1. The molecule has 0 amide bonds. The van der Waals surface area contributed by atoms with Gasteiger partial charge in [-0.1, -0.05) is 30.3 Å². The third kappa shape index (κ3) is 3.32. The molecule has 0 radical (unpaired) electrons. The quantitative estimate of drug-likeness (QED) is 0.751. The van der Waals surface area contributed by atoms with Gasteiger partial charge in [0.1, 0.15) is 10.7 Å². The van der Waals surface area contributed by atoms with Gasteiger partial charge in [-0.25, -0.2) is 18.1 Å². The van der Waals surface area contributed by atoms with Crippen LogP contribution >= 0.6 is 0 Å². The Hall–Kier alpha value is -1.96. The number of hydrogen-bond acceptors (Lipinski definition) is 5. The Kier molecular flexibility index (Phi) is 4.33. The number of aromatic nitrogens is 1. The molecule has 0 aliphatic heterocycles. The molecule has 0 spiro atoms. The van der Waals surface area contributed by atoms with Gasteiger partial charge in [0.2, 0.25) is 10.0 Å². The highest BCUT2D eigenvalue weighted by Crippen LogP contribution is 2.16. The number of nitrogen functional groups attached to an aromatic ring is 1. The molecule has 0 aliphatic carbocycles. The van der Waals surface area contributed by atoms with Crippen molar-refractivity contribution < 1.29 is 13.5 Å². The molecule has 20 heavy (non-hydrogen) atoms. The highest BCUT2D eigenvalue weighted by atomic mass is 32.2. The maximum Gasteiger partial charge on any atom is 0.244 e. The second-order valence-electron chi connectivity index (χ2n) is 4.17. The van der Waals surface area contributed by atoms with Crippen LogP contribution in [0.4, 0.5) is 5.82 Å². The summed E-state index contributed by atoms with van der Waals surface area (Å²) in [5.41, 5.74) is 6.17. The number of hydrogen-bond donors (Lipinski definition) is 3. The number of nitrogens with zero attached hydrogens (tertiary/aromatic N) is 1. The van der Waals surface area contributed by atoms with Crippen molar-refractivity contribution in [1.82, 2.24) is 9.71 Å². The van der Waals surface area contributed by atoms with Crippen LogP contribution in [0, 0.1) is 0 Å². The van der Waals surface area contributed by atoms with Crippen LogP contribution in [-0.4, -0.2) is 25.1 Å². The maximum absolute atomic E-state index is 12.0. The maximum atomic E-state index is 12.0. The Bertz CT molecular complexity index is 674. The molecule has 1 atom stereocenters. The van der Waals surface area contributed by atoms with Crippen LogP contribution in [0.1, 0.15) is 11.7 Å². The number of benzene rings is 1. The highest BCUT2D eigenvalue weighted by molar-refractivity contribution is 7.89. The number of sulfonamides is 1. The number of aliphatic hydroxyl groups excluding tert-OH is 1. The largest absolute Gasteiger partial charge is 0.387 e. The Morgan fingerprint density at radius 1 is 1.20 bits per heavy atom. The standard InChI is InChI=1S/C13H15N3O3S/c14-13-12(7-4-8-15-13)20(18,19)16-9-11(17)10-5-2-1-3-6-10/h1-8,11,16-17H,9H2,(H2,14,15). The van der Waals surface area contributed by atoms with E-state index in [1.807, 2.05) is 6.07 Å². The van der Waals surface area contributed by atoms with Crippen molar-refractivity contribution in [2.75, 3.05) is 12.3 Å². The molecule has 4 N–H and O–H groups in total. The lowest BCUT2D eigenvalue weighted by Crippen LogP contribution is -2.29. The number of nitrogens with two attached hydrogens (primary N) is 1. The molecule has 2 aromatic rings. The van der Waals surface area contributed by atoms with E-state index in [1.165, 1.54) is 18.3 Å². The van der Waals surface area contributed by atoms with Crippen molar-refractivity contribution in [1.29, 1.82) is 0 Å². The van der Waals surface area contributed by atoms with Gasteiger partial charge < -0.3 is 10.8 Å². The fraction of sp³-hybridized carbons (Fsp3) is 0.154. The predicted molar refractivity (Wildman–Crippen MR) is 75.2 cm³/mol. The summed E-state index contributed by atoms with van der Waals surface area (Å²) in [6.45, 7) is -0.138. The first-order valence-corrected chi connectivity index (χ1v) is 7.42. The van der Waals surface area contributed by atoms with Crippen LogP contribution in [0.25, 0.3) is 0 Å². The average Bonchev–Trinajstić information content (AvgIpc) is 2.46. The summed E-state index contributed by atoms with van der Waals surface area (Å²) >= 11 is 0. The van der Waals surface area contributed by atoms with E-state index in [1.54, 1.807) is 24.3 Å². The Morgan fingerprint density at radius 2 is 1.90 bits per heavy atom. The highest BCUT2D eigenvalue weighted by Gasteiger charge is 2.19. The topological polar surface area (TPSA) is 105 Å². The van der Waals surface area contributed by atoms with Crippen molar-refractivity contribution in [3.8, 4) is 0 Å². The molecule has 0 fully saturated rings. The van der Waals surface area contributed by atoms with Gasteiger partial charge in [-0.05, 0) is 17.7 Å². The normalized spacial score (nSPS) is 13.1. The second kappa shape index (κ2) is 6.00. The van der Waals surface area contributed by atoms with Gasteiger partial charge in [-0.3, -0.25) is 0 Å². The summed E-state index contributed by atoms with van der Waals surface area (Å²) in [4.78, 5) is 3.63. The molecule has 1 aromatic carbocycles. The molecule has 106 valence electrons. The lowest BCUT2D eigenvalue weighted by Gasteiger charge is -2.13. The van der Waals surface area contributed by atoms with Crippen LogP contribution < -0.4 is 10.5 Å². The average molecular weight is 293 g/mol. The SMILES string of the molecule is Nc1ncccc1S(=O)(=O)NCC(O)c1ccccc1. The molecule has 1 heterocycles. The van der Waals surface area contributed by atoms with Crippen molar-refractivity contribution in [3.63, 3.8) is 0 Å². The Balaban J connectivity index is 2.09. The lowest BCUT2D eigenvalue weighted by molar-refractivity contribution is 0.182. The number of aliphatic hydroxyl groups is 1.